The standard InChI is InChI=1S/C12H17N3O2/c1-8-4-3-5-10(6-8)7-11(16)14-9(2)12(13)15-17/h3-6,9,17H,7H2,1-2H3,(H2,13,15)(H,14,16). The maximum absolute atomic E-state index is 11.7. The van der Waals surface area contributed by atoms with Gasteiger partial charge in [0.2, 0.25) is 5.91 Å². The van der Waals surface area contributed by atoms with E-state index in [1.165, 1.54) is 0 Å². The second-order valence-electron chi connectivity index (χ2n) is 3.98. The molecule has 0 radical (unpaired) electrons. The summed E-state index contributed by atoms with van der Waals surface area (Å²) in [7, 11) is 0. The zero-order chi connectivity index (χ0) is 12.8. The number of amidine groups is 1. The molecule has 0 aliphatic rings. The monoisotopic (exact) mass is 235 g/mol. The average Bonchev–Trinajstić information content (AvgIpc) is 2.27. The van der Waals surface area contributed by atoms with Crippen LogP contribution in [0, 0.1) is 6.92 Å². The maximum atomic E-state index is 11.7. The SMILES string of the molecule is Cc1cccc(CC(=O)NC(C)C(N)=NO)c1. The number of carbonyl (C=O) groups excluding carboxylic acids is 1. The van der Waals surface area contributed by atoms with E-state index in [4.69, 9.17) is 10.9 Å². The fraction of sp³-hybridized carbons (Fsp3) is 0.333. The summed E-state index contributed by atoms with van der Waals surface area (Å²) in [6.45, 7) is 3.63. The topological polar surface area (TPSA) is 87.7 Å². The first-order valence-electron chi connectivity index (χ1n) is 5.35. The van der Waals surface area contributed by atoms with Crippen LogP contribution in [0.4, 0.5) is 0 Å². The minimum atomic E-state index is -0.475. The van der Waals surface area contributed by atoms with Gasteiger partial charge >= 0.3 is 0 Å². The van der Waals surface area contributed by atoms with Gasteiger partial charge < -0.3 is 16.3 Å². The molecule has 0 aliphatic carbocycles. The zero-order valence-corrected chi connectivity index (χ0v) is 9.97. The van der Waals surface area contributed by atoms with Gasteiger partial charge in [-0.3, -0.25) is 4.79 Å². The van der Waals surface area contributed by atoms with Crippen LogP contribution in [-0.4, -0.2) is 23.0 Å². The lowest BCUT2D eigenvalue weighted by molar-refractivity contribution is -0.120. The first-order chi connectivity index (χ1) is 8.02. The minimum absolute atomic E-state index is 0.0115. The van der Waals surface area contributed by atoms with Crippen LogP contribution >= 0.6 is 0 Å². The number of benzene rings is 1. The van der Waals surface area contributed by atoms with Gasteiger partial charge in [-0.1, -0.05) is 35.0 Å². The van der Waals surface area contributed by atoms with Crippen molar-refractivity contribution >= 4 is 11.7 Å². The third kappa shape index (κ3) is 4.14. The molecule has 5 nitrogen and oxygen atoms in total. The van der Waals surface area contributed by atoms with Gasteiger partial charge in [0, 0.05) is 0 Å². The van der Waals surface area contributed by atoms with Crippen molar-refractivity contribution in [3.63, 3.8) is 0 Å². The molecule has 0 bridgehead atoms. The number of aryl methyl sites for hydroxylation is 1. The molecule has 0 saturated heterocycles. The van der Waals surface area contributed by atoms with Crippen molar-refractivity contribution in [3.8, 4) is 0 Å². The number of nitrogens with one attached hydrogen (secondary N) is 1. The normalized spacial score (nSPS) is 13.2. The van der Waals surface area contributed by atoms with Gasteiger partial charge in [0.1, 0.15) is 0 Å². The maximum Gasteiger partial charge on any atom is 0.224 e. The highest BCUT2D eigenvalue weighted by molar-refractivity contribution is 5.90. The first kappa shape index (κ1) is 13.0. The van der Waals surface area contributed by atoms with Crippen LogP contribution in [-0.2, 0) is 11.2 Å². The van der Waals surface area contributed by atoms with Crippen LogP contribution in [0.3, 0.4) is 0 Å². The molecule has 5 heteroatoms. The molecule has 0 aliphatic heterocycles. The molecule has 0 spiro atoms. The number of hydrogen-bond acceptors (Lipinski definition) is 3. The number of rotatable bonds is 4. The third-order valence-corrected chi connectivity index (χ3v) is 2.38. The molecule has 1 unspecified atom stereocenters. The molecule has 0 aromatic heterocycles. The molecule has 1 aromatic carbocycles. The molecule has 0 fully saturated rings. The van der Waals surface area contributed by atoms with Gasteiger partial charge in [-0.05, 0) is 19.4 Å². The summed E-state index contributed by atoms with van der Waals surface area (Å²) in [4.78, 5) is 11.7. The van der Waals surface area contributed by atoms with Crippen molar-refractivity contribution in [1.82, 2.24) is 5.32 Å². The molecular formula is C12H17N3O2. The van der Waals surface area contributed by atoms with E-state index in [2.05, 4.69) is 10.5 Å². The van der Waals surface area contributed by atoms with Crippen LogP contribution in [0.2, 0.25) is 0 Å². The molecular weight excluding hydrogens is 218 g/mol. The summed E-state index contributed by atoms with van der Waals surface area (Å²) in [6, 6.07) is 7.25. The van der Waals surface area contributed by atoms with Crippen molar-refractivity contribution in [2.24, 2.45) is 10.9 Å². The summed E-state index contributed by atoms with van der Waals surface area (Å²) in [5.41, 5.74) is 7.42. The van der Waals surface area contributed by atoms with Crippen LogP contribution in [0.15, 0.2) is 29.4 Å². The van der Waals surface area contributed by atoms with Crippen LogP contribution in [0.5, 0.6) is 0 Å². The summed E-state index contributed by atoms with van der Waals surface area (Å²) < 4.78 is 0. The molecule has 92 valence electrons. The smallest absolute Gasteiger partial charge is 0.224 e. The van der Waals surface area contributed by atoms with Gasteiger partial charge in [0.05, 0.1) is 12.5 Å². The summed E-state index contributed by atoms with van der Waals surface area (Å²) in [5.74, 6) is -0.169. The van der Waals surface area contributed by atoms with E-state index in [0.717, 1.165) is 11.1 Å². The quantitative estimate of drug-likeness (QED) is 0.312. The molecule has 1 amide bonds. The van der Waals surface area contributed by atoms with E-state index in [0.29, 0.717) is 0 Å². The van der Waals surface area contributed by atoms with Crippen molar-refractivity contribution in [2.45, 2.75) is 26.3 Å². The Labute approximate surface area is 100 Å². The molecule has 1 aromatic rings. The number of oxime groups is 1. The Balaban J connectivity index is 2.56. The van der Waals surface area contributed by atoms with E-state index in [9.17, 15) is 4.79 Å². The second-order valence-corrected chi connectivity index (χ2v) is 3.98. The number of carbonyl (C=O) groups is 1. The van der Waals surface area contributed by atoms with Crippen molar-refractivity contribution in [2.75, 3.05) is 0 Å². The van der Waals surface area contributed by atoms with Crippen LogP contribution in [0.25, 0.3) is 0 Å². The number of hydrogen-bond donors (Lipinski definition) is 3. The van der Waals surface area contributed by atoms with Gasteiger partial charge in [0.15, 0.2) is 5.84 Å². The zero-order valence-electron chi connectivity index (χ0n) is 9.97. The van der Waals surface area contributed by atoms with E-state index < -0.39 is 6.04 Å². The Bertz CT molecular complexity index is 430. The highest BCUT2D eigenvalue weighted by atomic mass is 16.4. The number of nitrogens with zero attached hydrogens (tertiary/aromatic N) is 1. The van der Waals surface area contributed by atoms with Crippen LogP contribution < -0.4 is 11.1 Å². The Hall–Kier alpha value is -2.04. The van der Waals surface area contributed by atoms with Gasteiger partial charge in [-0.25, -0.2) is 0 Å². The number of nitrogens with two attached hydrogens (primary N) is 1. The Morgan fingerprint density at radius 3 is 2.88 bits per heavy atom. The van der Waals surface area contributed by atoms with Crippen molar-refractivity contribution in [3.05, 3.63) is 35.4 Å². The lowest BCUT2D eigenvalue weighted by atomic mass is 10.1. The van der Waals surface area contributed by atoms with Gasteiger partial charge in [0.25, 0.3) is 0 Å². The van der Waals surface area contributed by atoms with E-state index in [-0.39, 0.29) is 18.2 Å². The minimum Gasteiger partial charge on any atom is -0.409 e. The predicted octanol–water partition coefficient (Wildman–Crippen LogP) is 0.789. The fourth-order valence-electron chi connectivity index (χ4n) is 1.46. The van der Waals surface area contributed by atoms with Crippen molar-refractivity contribution in [1.29, 1.82) is 0 Å². The summed E-state index contributed by atoms with van der Waals surface area (Å²) >= 11 is 0. The lowest BCUT2D eigenvalue weighted by Crippen LogP contribution is -2.43. The predicted molar refractivity (Wildman–Crippen MR) is 65.9 cm³/mol. The molecule has 1 atom stereocenters. The first-order valence-corrected chi connectivity index (χ1v) is 5.35. The van der Waals surface area contributed by atoms with Gasteiger partial charge in [-0.2, -0.15) is 0 Å². The van der Waals surface area contributed by atoms with E-state index in [1.807, 2.05) is 31.2 Å². The summed E-state index contributed by atoms with van der Waals surface area (Å²) in [5, 5.41) is 13.9. The van der Waals surface area contributed by atoms with E-state index >= 15 is 0 Å². The second kappa shape index (κ2) is 5.89. The Kier molecular flexibility index (Phi) is 4.51. The molecule has 0 saturated carbocycles. The van der Waals surface area contributed by atoms with E-state index in [1.54, 1.807) is 6.92 Å². The molecule has 4 N–H and O–H groups in total. The molecule has 1 rings (SSSR count). The number of amides is 1. The lowest BCUT2D eigenvalue weighted by Gasteiger charge is -2.12. The third-order valence-electron chi connectivity index (χ3n) is 2.38. The van der Waals surface area contributed by atoms with Crippen molar-refractivity contribution < 1.29 is 10.0 Å². The molecule has 17 heavy (non-hydrogen) atoms. The Morgan fingerprint density at radius 1 is 1.59 bits per heavy atom. The largest absolute Gasteiger partial charge is 0.409 e. The average molecular weight is 235 g/mol. The highest BCUT2D eigenvalue weighted by Gasteiger charge is 2.11. The Morgan fingerprint density at radius 2 is 2.29 bits per heavy atom. The highest BCUT2D eigenvalue weighted by Crippen LogP contribution is 2.04. The fourth-order valence-corrected chi connectivity index (χ4v) is 1.46. The van der Waals surface area contributed by atoms with Crippen LogP contribution in [0.1, 0.15) is 18.1 Å². The van der Waals surface area contributed by atoms with Gasteiger partial charge in [-0.15, -0.1) is 0 Å². The summed E-state index contributed by atoms with van der Waals surface area (Å²) in [6.07, 6.45) is 0.282. The molecule has 0 heterocycles.